The average molecular weight is 737 g/mol. The van der Waals surface area contributed by atoms with Crippen LogP contribution in [0, 0.1) is 0 Å². The molecule has 6 rings (SSSR count). The van der Waals surface area contributed by atoms with Crippen molar-refractivity contribution in [1.82, 2.24) is 39.0 Å². The van der Waals surface area contributed by atoms with E-state index >= 15 is 0 Å². The number of hydrogen-bond donors (Lipinski definition) is 4. The summed E-state index contributed by atoms with van der Waals surface area (Å²) in [7, 11) is 4.47. The van der Waals surface area contributed by atoms with Crippen LogP contribution in [0.5, 0.6) is 6.01 Å². The van der Waals surface area contributed by atoms with E-state index in [-0.39, 0.29) is 41.1 Å². The van der Waals surface area contributed by atoms with Gasteiger partial charge in [0.1, 0.15) is 12.1 Å². The minimum absolute atomic E-state index is 0.0649. The summed E-state index contributed by atoms with van der Waals surface area (Å²) in [5.74, 6) is -0.905. The number of benzene rings is 2. The zero-order valence-electron chi connectivity index (χ0n) is 28.5. The van der Waals surface area contributed by atoms with Gasteiger partial charge >= 0.3 is 17.9 Å². The van der Waals surface area contributed by atoms with E-state index < -0.39 is 5.97 Å². The summed E-state index contributed by atoms with van der Waals surface area (Å²) in [6.45, 7) is 2.13. The number of anilines is 2. The number of rotatable bonds is 12. The Morgan fingerprint density at radius 1 is 0.769 bits per heavy atom. The number of aromatic nitrogens is 8. The van der Waals surface area contributed by atoms with Gasteiger partial charge in [0.25, 0.3) is 0 Å². The highest BCUT2D eigenvalue weighted by Gasteiger charge is 2.14. The van der Waals surface area contributed by atoms with Crippen LogP contribution in [0.25, 0.3) is 22.3 Å². The van der Waals surface area contributed by atoms with Crippen LogP contribution in [-0.2, 0) is 27.3 Å². The van der Waals surface area contributed by atoms with Gasteiger partial charge in [-0.25, -0.2) is 19.6 Å². The summed E-state index contributed by atoms with van der Waals surface area (Å²) >= 11 is 5.84. The molecule has 0 saturated heterocycles. The summed E-state index contributed by atoms with van der Waals surface area (Å²) < 4.78 is 23.0. The van der Waals surface area contributed by atoms with Crippen LogP contribution in [0.1, 0.15) is 31.8 Å². The topological polar surface area (TPSA) is 251 Å². The van der Waals surface area contributed by atoms with E-state index in [1.54, 1.807) is 72.4 Å². The van der Waals surface area contributed by atoms with Gasteiger partial charge in [-0.15, -0.1) is 0 Å². The summed E-state index contributed by atoms with van der Waals surface area (Å²) in [6, 6.07) is 13.9. The highest BCUT2D eigenvalue weighted by molar-refractivity contribution is 6.28. The van der Waals surface area contributed by atoms with Crippen LogP contribution >= 0.6 is 11.6 Å². The number of esters is 1. The van der Waals surface area contributed by atoms with Crippen molar-refractivity contribution < 1.29 is 38.7 Å². The van der Waals surface area contributed by atoms with Crippen LogP contribution in [0.4, 0.5) is 11.6 Å². The number of nitrogen functional groups attached to an aromatic ring is 2. The zero-order chi connectivity index (χ0) is 37.6. The number of carboxylic acids is 1. The molecular formula is C33H37ClN10O8. The maximum Gasteiger partial charge on any atom is 0.337 e. The molecule has 0 atom stereocenters. The predicted molar refractivity (Wildman–Crippen MR) is 190 cm³/mol. The van der Waals surface area contributed by atoms with Gasteiger partial charge in [0, 0.05) is 14.2 Å². The molecule has 6 N–H and O–H groups in total. The third-order valence-electron chi connectivity index (χ3n) is 6.98. The molecule has 0 aliphatic carbocycles. The quantitative estimate of drug-likeness (QED) is 0.0800. The number of carboxylic acid groups (broad SMARTS) is 1. The highest BCUT2D eigenvalue weighted by atomic mass is 35.5. The van der Waals surface area contributed by atoms with Gasteiger partial charge < -0.3 is 49.8 Å². The molecule has 0 unspecified atom stereocenters. The van der Waals surface area contributed by atoms with E-state index in [0.29, 0.717) is 60.8 Å². The molecule has 0 saturated carbocycles. The first kappa shape index (κ1) is 38.8. The number of aliphatic hydroxyl groups excluding tert-OH is 1. The molecule has 0 spiro atoms. The molecule has 0 amide bonds. The van der Waals surface area contributed by atoms with Crippen molar-refractivity contribution in [2.45, 2.75) is 13.1 Å². The Kier molecular flexibility index (Phi) is 14.1. The Hall–Kier alpha value is -5.95. The Bertz CT molecular complexity index is 2120. The van der Waals surface area contributed by atoms with Gasteiger partial charge in [-0.3, -0.25) is 0 Å². The highest BCUT2D eigenvalue weighted by Crippen LogP contribution is 2.21. The standard InChI is InChI=1S/C16H17N5O4.C14H12ClN5O2.C3H8O2/c1-24-5-6-25-16-19-13(17)12-14(20-16)21(9-18-12)8-10-3-2-4-11(7-10)15(22)23;1-22-13(21)9-4-2-3-8(5-9)6-20-7-17-10-11(16)18-14(15)19-12(10)20;1-5-3-2-4/h2-4,7,9H,5-6,8H2,1H3,(H,22,23)(H2,17,19,20);2-5,7H,6H2,1H3,(H2,16,18,19);4H,2-3H2,1H3. The summed E-state index contributed by atoms with van der Waals surface area (Å²) in [6.07, 6.45) is 3.19. The number of fused-ring (bicyclic) bond motifs is 2. The number of hydrogen-bond acceptors (Lipinski definition) is 15. The van der Waals surface area contributed by atoms with Gasteiger partial charge in [-0.05, 0) is 47.0 Å². The Morgan fingerprint density at radius 2 is 1.33 bits per heavy atom. The predicted octanol–water partition coefficient (Wildman–Crippen LogP) is 2.70. The fourth-order valence-electron chi connectivity index (χ4n) is 4.60. The normalized spacial score (nSPS) is 10.6. The lowest BCUT2D eigenvalue weighted by molar-refractivity contribution is 0.0599. The molecule has 4 aromatic heterocycles. The lowest BCUT2D eigenvalue weighted by atomic mass is 10.1. The maximum atomic E-state index is 11.6. The number of methoxy groups -OCH3 is 3. The fourth-order valence-corrected chi connectivity index (χ4v) is 4.77. The minimum atomic E-state index is -0.974. The monoisotopic (exact) mass is 736 g/mol. The number of ether oxygens (including phenoxy) is 4. The molecule has 0 aliphatic rings. The van der Waals surface area contributed by atoms with E-state index in [4.69, 9.17) is 47.5 Å². The van der Waals surface area contributed by atoms with Crippen molar-refractivity contribution >= 4 is 57.5 Å². The lowest BCUT2D eigenvalue weighted by Crippen LogP contribution is -2.09. The van der Waals surface area contributed by atoms with E-state index in [9.17, 15) is 9.59 Å². The number of carbonyl (C=O) groups is 2. The molecule has 0 bridgehead atoms. The van der Waals surface area contributed by atoms with Gasteiger partial charge in [0.2, 0.25) is 5.28 Å². The summed E-state index contributed by atoms with van der Waals surface area (Å²) in [5.41, 5.74) is 16.1. The van der Waals surface area contributed by atoms with Gasteiger partial charge in [-0.2, -0.15) is 19.9 Å². The molecule has 0 fully saturated rings. The van der Waals surface area contributed by atoms with Crippen molar-refractivity contribution in [2.75, 3.05) is 59.2 Å². The number of aliphatic hydroxyl groups is 1. The van der Waals surface area contributed by atoms with Crippen LogP contribution in [0.15, 0.2) is 61.2 Å². The molecule has 4 heterocycles. The second-order valence-electron chi connectivity index (χ2n) is 10.6. The molecule has 18 nitrogen and oxygen atoms in total. The minimum Gasteiger partial charge on any atom is -0.478 e. The first-order chi connectivity index (χ1) is 25.1. The fraction of sp³-hybridized carbons (Fsp3) is 0.273. The van der Waals surface area contributed by atoms with E-state index in [1.165, 1.54) is 7.11 Å². The van der Waals surface area contributed by atoms with Crippen molar-refractivity contribution in [1.29, 1.82) is 0 Å². The van der Waals surface area contributed by atoms with Crippen molar-refractivity contribution in [3.05, 3.63) is 88.7 Å². The number of aromatic carboxylic acids is 1. The van der Waals surface area contributed by atoms with Crippen LogP contribution in [0.2, 0.25) is 5.28 Å². The molecule has 6 aromatic rings. The van der Waals surface area contributed by atoms with Gasteiger partial charge in [-0.1, -0.05) is 24.3 Å². The zero-order valence-corrected chi connectivity index (χ0v) is 29.2. The average Bonchev–Trinajstić information content (AvgIpc) is 3.73. The van der Waals surface area contributed by atoms with Crippen molar-refractivity contribution in [2.24, 2.45) is 0 Å². The third kappa shape index (κ3) is 10.3. The van der Waals surface area contributed by atoms with Crippen LogP contribution in [0.3, 0.4) is 0 Å². The molecule has 0 aliphatic heterocycles. The largest absolute Gasteiger partial charge is 0.478 e. The van der Waals surface area contributed by atoms with Crippen molar-refractivity contribution in [3.8, 4) is 6.01 Å². The van der Waals surface area contributed by atoms with Crippen LogP contribution < -0.4 is 16.2 Å². The van der Waals surface area contributed by atoms with E-state index in [2.05, 4.69) is 34.6 Å². The first-order valence-corrected chi connectivity index (χ1v) is 15.8. The summed E-state index contributed by atoms with van der Waals surface area (Å²) in [4.78, 5) is 47.5. The number of carbonyl (C=O) groups excluding carboxylic acids is 1. The second-order valence-corrected chi connectivity index (χ2v) is 11.0. The molecule has 0 radical (unpaired) electrons. The molecular weight excluding hydrogens is 700 g/mol. The Labute approximate surface area is 301 Å². The second kappa shape index (κ2) is 18.9. The Morgan fingerprint density at radius 3 is 1.87 bits per heavy atom. The van der Waals surface area contributed by atoms with Crippen LogP contribution in [-0.4, -0.2) is 109 Å². The van der Waals surface area contributed by atoms with Gasteiger partial charge in [0.05, 0.1) is 63.8 Å². The number of halogens is 1. The number of nitrogens with two attached hydrogens (primary N) is 2. The number of imidazole rings is 2. The van der Waals surface area contributed by atoms with E-state index in [1.807, 2.05) is 12.1 Å². The lowest BCUT2D eigenvalue weighted by Gasteiger charge is -2.07. The first-order valence-electron chi connectivity index (χ1n) is 15.4. The van der Waals surface area contributed by atoms with Crippen molar-refractivity contribution in [3.63, 3.8) is 0 Å². The third-order valence-corrected chi connectivity index (χ3v) is 7.14. The Balaban J connectivity index is 0.000000207. The summed E-state index contributed by atoms with van der Waals surface area (Å²) in [5, 5.41) is 17.1. The molecule has 52 heavy (non-hydrogen) atoms. The number of nitrogens with zero attached hydrogens (tertiary/aromatic N) is 8. The van der Waals surface area contributed by atoms with E-state index in [0.717, 1.165) is 11.1 Å². The SMILES string of the molecule is COC(=O)c1cccc(Cn2cnc3c(N)nc(Cl)nc32)c1.COCCO.COCCOc1nc(N)c2ncn(Cc3cccc(C(=O)O)c3)c2n1. The van der Waals surface area contributed by atoms with Gasteiger partial charge in [0.15, 0.2) is 28.4 Å². The molecule has 2 aromatic carbocycles. The molecule has 19 heteroatoms. The smallest absolute Gasteiger partial charge is 0.337 e. The maximum absolute atomic E-state index is 11.6. The molecule has 274 valence electrons.